The first-order chi connectivity index (χ1) is 17.8. The number of hydrogen-bond acceptors (Lipinski definition) is 7. The number of aromatic nitrogens is 2. The fourth-order valence-corrected chi connectivity index (χ4v) is 3.54. The Bertz CT molecular complexity index is 1220. The molecule has 0 saturated heterocycles. The molecule has 12 heteroatoms. The third kappa shape index (κ3) is 7.90. The number of alkyl halides is 3. The van der Waals surface area contributed by atoms with Crippen molar-refractivity contribution in [1.82, 2.24) is 9.97 Å². The van der Waals surface area contributed by atoms with E-state index in [1.54, 1.807) is 62.3 Å². The van der Waals surface area contributed by atoms with Gasteiger partial charge in [-0.1, -0.05) is 12.1 Å². The molecule has 0 fully saturated rings. The van der Waals surface area contributed by atoms with Gasteiger partial charge in [-0.05, 0) is 49.0 Å². The molecule has 1 heterocycles. The number of carbonyl (C=O) groups is 2. The van der Waals surface area contributed by atoms with Crippen LogP contribution in [0.2, 0.25) is 0 Å². The van der Waals surface area contributed by atoms with Gasteiger partial charge in [-0.25, -0.2) is 9.97 Å². The molecule has 0 bridgehead atoms. The highest BCUT2D eigenvalue weighted by atomic mass is 19.4. The first-order valence-corrected chi connectivity index (χ1v) is 11.5. The molecule has 0 unspecified atom stereocenters. The molecule has 9 nitrogen and oxygen atoms in total. The van der Waals surface area contributed by atoms with Gasteiger partial charge in [-0.2, -0.15) is 13.2 Å². The first kappa shape index (κ1) is 30.0. The maximum Gasteiger partial charge on any atom is 0.416 e. The van der Waals surface area contributed by atoms with Crippen LogP contribution in [-0.2, 0) is 23.8 Å². The molecule has 0 spiro atoms. The van der Waals surface area contributed by atoms with Crippen LogP contribution in [0, 0.1) is 0 Å². The van der Waals surface area contributed by atoms with E-state index in [0.717, 1.165) is 29.8 Å². The van der Waals surface area contributed by atoms with E-state index in [4.69, 9.17) is 0 Å². The largest absolute Gasteiger partial charge is 0.481 e. The van der Waals surface area contributed by atoms with E-state index in [1.807, 2.05) is 0 Å². The Morgan fingerprint density at radius 2 is 1.39 bits per heavy atom. The summed E-state index contributed by atoms with van der Waals surface area (Å²) < 4.78 is 38.1. The van der Waals surface area contributed by atoms with Gasteiger partial charge in [0.2, 0.25) is 0 Å². The molecule has 0 aliphatic rings. The lowest BCUT2D eigenvalue weighted by molar-refractivity contribution is -0.138. The second-order valence-corrected chi connectivity index (χ2v) is 8.53. The average Bonchev–Trinajstić information content (AvgIpc) is 2.86. The Kier molecular flexibility index (Phi) is 10.2. The Hall–Kier alpha value is -4.19. The van der Waals surface area contributed by atoms with E-state index in [-0.39, 0.29) is 12.0 Å². The van der Waals surface area contributed by atoms with Crippen molar-refractivity contribution in [3.8, 4) is 0 Å². The summed E-state index contributed by atoms with van der Waals surface area (Å²) in [4.78, 5) is 36.4. The lowest BCUT2D eigenvalue weighted by atomic mass is 10.1. The maximum absolute atomic E-state index is 12.7. The molecule has 0 atom stereocenters. The summed E-state index contributed by atoms with van der Waals surface area (Å²) in [5.74, 6) is 0.0303. The van der Waals surface area contributed by atoms with Gasteiger partial charge in [0.05, 0.1) is 12.0 Å². The number of carboxylic acids is 1. The van der Waals surface area contributed by atoms with Crippen molar-refractivity contribution >= 4 is 29.2 Å². The average molecular weight is 533 g/mol. The fraction of sp³-hybridized carbons (Fsp3) is 0.308. The minimum absolute atomic E-state index is 0.106. The Balaban J connectivity index is 0.00000247. The number of halogens is 3. The number of hydrogen-bond donors (Lipinski definition) is 3. The standard InChI is InChI=1S/C25H26F3N5O3.CH5N/c1-32(2)22-19(14-21(34)35)23(33(3)4)31-20(30-22)13-15-5-11-18(12-6-15)29-24(36)16-7-9-17(10-8-16)25(26,27)28;1-2/h5-12H,13-14H2,1-4H3,(H,29,36)(H,34,35);2H2,1H3. The second kappa shape index (κ2) is 12.9. The number of rotatable bonds is 8. The highest BCUT2D eigenvalue weighted by Gasteiger charge is 2.30. The fourth-order valence-electron chi connectivity index (χ4n) is 3.54. The van der Waals surface area contributed by atoms with E-state index in [2.05, 4.69) is 21.0 Å². The lowest BCUT2D eigenvalue weighted by Crippen LogP contribution is -2.22. The van der Waals surface area contributed by atoms with E-state index in [1.165, 1.54) is 7.05 Å². The van der Waals surface area contributed by atoms with Crippen molar-refractivity contribution in [1.29, 1.82) is 0 Å². The number of nitrogens with two attached hydrogens (primary N) is 1. The number of nitrogens with one attached hydrogen (secondary N) is 1. The summed E-state index contributed by atoms with van der Waals surface area (Å²) in [5.41, 5.74) is 5.63. The summed E-state index contributed by atoms with van der Waals surface area (Å²) in [7, 11) is 8.63. The van der Waals surface area contributed by atoms with Crippen LogP contribution < -0.4 is 20.9 Å². The zero-order valence-corrected chi connectivity index (χ0v) is 21.8. The van der Waals surface area contributed by atoms with Gasteiger partial charge in [-0.15, -0.1) is 0 Å². The van der Waals surface area contributed by atoms with Gasteiger partial charge in [0.15, 0.2) is 0 Å². The molecule has 0 saturated carbocycles. The highest BCUT2D eigenvalue weighted by Crippen LogP contribution is 2.29. The summed E-state index contributed by atoms with van der Waals surface area (Å²) >= 11 is 0. The van der Waals surface area contributed by atoms with Crippen LogP contribution in [0.15, 0.2) is 48.5 Å². The highest BCUT2D eigenvalue weighted by molar-refractivity contribution is 6.04. The minimum atomic E-state index is -4.47. The SMILES string of the molecule is CN.CN(C)c1nc(Cc2ccc(NC(=O)c3ccc(C(F)(F)F)cc3)cc2)nc(N(C)C)c1CC(=O)O. The van der Waals surface area contributed by atoms with Gasteiger partial charge in [0.25, 0.3) is 5.91 Å². The van der Waals surface area contributed by atoms with Crippen molar-refractivity contribution in [3.63, 3.8) is 0 Å². The molecule has 4 N–H and O–H groups in total. The van der Waals surface area contributed by atoms with Crippen LogP contribution in [-0.4, -0.2) is 62.2 Å². The van der Waals surface area contributed by atoms with E-state index in [0.29, 0.717) is 35.1 Å². The van der Waals surface area contributed by atoms with Gasteiger partial charge >= 0.3 is 12.1 Å². The Morgan fingerprint density at radius 1 is 0.895 bits per heavy atom. The van der Waals surface area contributed by atoms with Crippen molar-refractivity contribution in [3.05, 3.63) is 76.6 Å². The van der Waals surface area contributed by atoms with E-state index >= 15 is 0 Å². The number of nitrogens with zero attached hydrogens (tertiary/aromatic N) is 4. The number of aliphatic carboxylic acids is 1. The first-order valence-electron chi connectivity index (χ1n) is 11.5. The molecule has 1 amide bonds. The zero-order chi connectivity index (χ0) is 28.6. The summed E-state index contributed by atoms with van der Waals surface area (Å²) in [6.45, 7) is 0. The maximum atomic E-state index is 12.7. The molecule has 3 rings (SSSR count). The van der Waals surface area contributed by atoms with Crippen molar-refractivity contribution in [2.75, 3.05) is 50.4 Å². The van der Waals surface area contributed by atoms with E-state index in [9.17, 15) is 27.9 Å². The van der Waals surface area contributed by atoms with Crippen molar-refractivity contribution in [2.24, 2.45) is 5.73 Å². The molecule has 204 valence electrons. The molecule has 0 radical (unpaired) electrons. The van der Waals surface area contributed by atoms with Crippen LogP contribution in [0.3, 0.4) is 0 Å². The van der Waals surface area contributed by atoms with E-state index < -0.39 is 23.6 Å². The predicted octanol–water partition coefficient (Wildman–Crippen LogP) is 3.67. The Morgan fingerprint density at radius 3 is 1.82 bits per heavy atom. The lowest BCUT2D eigenvalue weighted by Gasteiger charge is -2.22. The van der Waals surface area contributed by atoms with Crippen LogP contribution in [0.5, 0.6) is 0 Å². The molecule has 2 aromatic carbocycles. The molecular weight excluding hydrogens is 501 g/mol. The Labute approximate surface area is 219 Å². The monoisotopic (exact) mass is 532 g/mol. The summed E-state index contributed by atoms with van der Waals surface area (Å²) in [6.07, 6.45) is -4.32. The predicted molar refractivity (Wildman–Crippen MR) is 141 cm³/mol. The van der Waals surface area contributed by atoms with Crippen LogP contribution >= 0.6 is 0 Å². The number of anilines is 3. The number of amides is 1. The molecule has 38 heavy (non-hydrogen) atoms. The number of benzene rings is 2. The molecular formula is C26H31F3N6O3. The molecule has 0 aliphatic heterocycles. The quantitative estimate of drug-likeness (QED) is 0.401. The second-order valence-electron chi connectivity index (χ2n) is 8.53. The third-order valence-corrected chi connectivity index (χ3v) is 5.23. The smallest absolute Gasteiger partial charge is 0.416 e. The van der Waals surface area contributed by atoms with Gasteiger partial charge in [-0.3, -0.25) is 9.59 Å². The van der Waals surface area contributed by atoms with Crippen molar-refractivity contribution in [2.45, 2.75) is 19.0 Å². The van der Waals surface area contributed by atoms with Gasteiger partial charge in [0.1, 0.15) is 17.5 Å². The van der Waals surface area contributed by atoms with Crippen LogP contribution in [0.25, 0.3) is 0 Å². The van der Waals surface area contributed by atoms with Crippen molar-refractivity contribution < 1.29 is 27.9 Å². The van der Waals surface area contributed by atoms with Gasteiger partial charge < -0.3 is 26.0 Å². The molecule has 3 aromatic rings. The van der Waals surface area contributed by atoms with Gasteiger partial charge in [0, 0.05) is 51.4 Å². The topological polar surface area (TPSA) is 125 Å². The minimum Gasteiger partial charge on any atom is -0.481 e. The zero-order valence-electron chi connectivity index (χ0n) is 21.8. The normalized spacial score (nSPS) is 10.8. The summed E-state index contributed by atoms with van der Waals surface area (Å²) in [5, 5.41) is 12.0. The number of carboxylic acid groups (broad SMARTS) is 1. The molecule has 1 aromatic heterocycles. The van der Waals surface area contributed by atoms with Crippen LogP contribution in [0.4, 0.5) is 30.5 Å². The summed E-state index contributed by atoms with van der Waals surface area (Å²) in [6, 6.07) is 10.9. The van der Waals surface area contributed by atoms with Crippen LogP contribution in [0.1, 0.15) is 32.9 Å². The molecule has 0 aliphatic carbocycles. The number of carbonyl (C=O) groups excluding carboxylic acids is 1. The third-order valence-electron chi connectivity index (χ3n) is 5.23.